The minimum Gasteiger partial charge on any atom is -0.464 e. The average molecular weight is 421 g/mol. The number of rotatable bonds is 3. The molecular weight excluding hydrogens is 399 g/mol. The van der Waals surface area contributed by atoms with Crippen molar-refractivity contribution < 1.29 is 13.9 Å². The minimum atomic E-state index is -0.274. The van der Waals surface area contributed by atoms with Crippen LogP contribution in [0.1, 0.15) is 30.0 Å². The molecule has 1 amide bonds. The van der Waals surface area contributed by atoms with Crippen molar-refractivity contribution in [1.29, 1.82) is 0 Å². The van der Waals surface area contributed by atoms with Crippen molar-refractivity contribution in [1.82, 2.24) is 9.80 Å². The van der Waals surface area contributed by atoms with Gasteiger partial charge in [0.25, 0.3) is 0 Å². The number of ether oxygens (including phenoxy) is 1. The van der Waals surface area contributed by atoms with E-state index < -0.39 is 0 Å². The van der Waals surface area contributed by atoms with Crippen molar-refractivity contribution in [2.75, 3.05) is 32.8 Å². The van der Waals surface area contributed by atoms with E-state index >= 15 is 0 Å². The highest BCUT2D eigenvalue weighted by Crippen LogP contribution is 2.27. The highest BCUT2D eigenvalue weighted by Gasteiger charge is 2.28. The van der Waals surface area contributed by atoms with Crippen LogP contribution in [0, 0.1) is 18.8 Å². The van der Waals surface area contributed by atoms with Gasteiger partial charge >= 0.3 is 6.09 Å². The molecule has 1 saturated heterocycles. The van der Waals surface area contributed by atoms with Crippen LogP contribution in [-0.2, 0) is 4.74 Å². The highest BCUT2D eigenvalue weighted by atomic mass is 35.5. The third kappa shape index (κ3) is 4.82. The molecule has 0 radical (unpaired) electrons. The fourth-order valence-corrected chi connectivity index (χ4v) is 3.41. The molecular formula is C21H22Cl2N2O3. The lowest BCUT2D eigenvalue weighted by molar-refractivity contribution is 0.0709. The second-order valence-electron chi connectivity index (χ2n) is 6.44. The van der Waals surface area contributed by atoms with Crippen LogP contribution in [0.2, 0.25) is 10.0 Å². The quantitative estimate of drug-likeness (QED) is 0.671. The number of carbonyl (C=O) groups excluding carboxylic acids is 1. The summed E-state index contributed by atoms with van der Waals surface area (Å²) in [5, 5.41) is 0.917. The molecule has 5 nitrogen and oxygen atoms in total. The van der Waals surface area contributed by atoms with Crippen molar-refractivity contribution in [2.45, 2.75) is 19.9 Å². The summed E-state index contributed by atoms with van der Waals surface area (Å²) >= 11 is 12.4. The highest BCUT2D eigenvalue weighted by molar-refractivity contribution is 6.42. The molecule has 0 saturated carbocycles. The summed E-state index contributed by atoms with van der Waals surface area (Å²) in [7, 11) is 0. The van der Waals surface area contributed by atoms with Gasteiger partial charge in [-0.3, -0.25) is 4.90 Å². The number of hydrogen-bond donors (Lipinski definition) is 0. The van der Waals surface area contributed by atoms with Crippen molar-refractivity contribution in [3.63, 3.8) is 0 Å². The molecule has 1 fully saturated rings. The van der Waals surface area contributed by atoms with Crippen LogP contribution in [0.25, 0.3) is 0 Å². The van der Waals surface area contributed by atoms with Crippen LogP contribution in [0.3, 0.4) is 0 Å². The number of halogens is 2. The molecule has 0 spiro atoms. The number of hydrogen-bond acceptors (Lipinski definition) is 4. The van der Waals surface area contributed by atoms with Gasteiger partial charge in [-0.2, -0.15) is 0 Å². The number of amides is 1. The third-order valence-corrected chi connectivity index (χ3v) is 5.35. The Morgan fingerprint density at radius 3 is 2.61 bits per heavy atom. The van der Waals surface area contributed by atoms with E-state index in [1.165, 1.54) is 0 Å². The summed E-state index contributed by atoms with van der Waals surface area (Å²) in [6.45, 7) is 6.57. The Hall–Kier alpha value is -2.13. The Kier molecular flexibility index (Phi) is 6.90. The molecule has 1 atom stereocenters. The molecule has 1 aliphatic heterocycles. The summed E-state index contributed by atoms with van der Waals surface area (Å²) in [5.41, 5.74) is 0.674. The Balaban J connectivity index is 1.81. The molecule has 1 unspecified atom stereocenters. The van der Waals surface area contributed by atoms with Crippen molar-refractivity contribution in [3.05, 3.63) is 57.5 Å². The van der Waals surface area contributed by atoms with Gasteiger partial charge in [-0.15, -0.1) is 0 Å². The molecule has 0 aliphatic carbocycles. The molecule has 148 valence electrons. The zero-order valence-corrected chi connectivity index (χ0v) is 17.4. The first-order chi connectivity index (χ1) is 13.5. The lowest BCUT2D eigenvalue weighted by atomic mass is 10.1. The number of aryl methyl sites for hydroxylation is 1. The Labute approximate surface area is 175 Å². The van der Waals surface area contributed by atoms with E-state index in [9.17, 15) is 4.79 Å². The molecule has 1 aromatic heterocycles. The first kappa shape index (κ1) is 20.6. The van der Waals surface area contributed by atoms with E-state index in [0.717, 1.165) is 11.5 Å². The van der Waals surface area contributed by atoms with Crippen molar-refractivity contribution in [3.8, 4) is 11.8 Å². The second-order valence-corrected chi connectivity index (χ2v) is 7.23. The molecule has 0 N–H and O–H groups in total. The Morgan fingerprint density at radius 1 is 1.21 bits per heavy atom. The Morgan fingerprint density at radius 2 is 1.96 bits per heavy atom. The molecule has 0 bridgehead atoms. The van der Waals surface area contributed by atoms with E-state index in [-0.39, 0.29) is 12.1 Å². The van der Waals surface area contributed by atoms with Crippen molar-refractivity contribution >= 4 is 29.3 Å². The molecule has 1 aromatic carbocycles. The largest absolute Gasteiger partial charge is 0.464 e. The van der Waals surface area contributed by atoms with E-state index in [2.05, 4.69) is 16.7 Å². The predicted octanol–water partition coefficient (Wildman–Crippen LogP) is 4.76. The molecule has 2 aromatic rings. The smallest absolute Gasteiger partial charge is 0.409 e. The standard InChI is InChI=1S/C21H22Cl2N2O3/c1-3-27-21(26)25-13-11-24(12-14-25)18(19-10-7-15(2)28-19)9-8-16-5-4-6-17(22)20(16)23/h4-7,10,18H,3,11-14H2,1-2H3. The van der Waals surface area contributed by atoms with Gasteiger partial charge in [0, 0.05) is 31.7 Å². The zero-order valence-electron chi connectivity index (χ0n) is 15.9. The van der Waals surface area contributed by atoms with Gasteiger partial charge in [0.1, 0.15) is 17.6 Å². The minimum absolute atomic E-state index is 0.243. The number of carbonyl (C=O) groups is 1. The number of piperazine rings is 1. The number of furan rings is 1. The maximum Gasteiger partial charge on any atom is 0.409 e. The summed E-state index contributed by atoms with van der Waals surface area (Å²) in [5.74, 6) is 8.01. The van der Waals surface area contributed by atoms with Crippen LogP contribution in [0.15, 0.2) is 34.7 Å². The summed E-state index contributed by atoms with van der Waals surface area (Å²) < 4.78 is 10.9. The first-order valence-electron chi connectivity index (χ1n) is 9.17. The normalized spacial score (nSPS) is 15.6. The van der Waals surface area contributed by atoms with E-state index in [1.807, 2.05) is 31.2 Å². The molecule has 3 rings (SSSR count). The number of benzene rings is 1. The van der Waals surface area contributed by atoms with Crippen LogP contribution in [0.5, 0.6) is 0 Å². The monoisotopic (exact) mass is 420 g/mol. The molecule has 1 aliphatic rings. The second kappa shape index (κ2) is 9.38. The van der Waals surface area contributed by atoms with Crippen LogP contribution in [-0.4, -0.2) is 48.7 Å². The topological polar surface area (TPSA) is 45.9 Å². The summed E-state index contributed by atoms with van der Waals surface area (Å²) in [6, 6.07) is 9.01. The van der Waals surface area contributed by atoms with E-state index in [0.29, 0.717) is 48.4 Å². The Bertz CT molecular complexity index is 893. The van der Waals surface area contributed by atoms with Gasteiger partial charge in [0.2, 0.25) is 0 Å². The first-order valence-corrected chi connectivity index (χ1v) is 9.92. The third-order valence-electron chi connectivity index (χ3n) is 4.53. The number of nitrogens with zero attached hydrogens (tertiary/aromatic N) is 2. The van der Waals surface area contributed by atoms with Crippen molar-refractivity contribution in [2.24, 2.45) is 0 Å². The lowest BCUT2D eigenvalue weighted by Gasteiger charge is -2.36. The summed E-state index contributed by atoms with van der Waals surface area (Å²) in [4.78, 5) is 15.8. The fraction of sp³-hybridized carbons (Fsp3) is 0.381. The van der Waals surface area contributed by atoms with Crippen LogP contribution < -0.4 is 0 Å². The zero-order chi connectivity index (χ0) is 20.1. The van der Waals surface area contributed by atoms with Gasteiger partial charge in [0.05, 0.1) is 16.7 Å². The molecule has 28 heavy (non-hydrogen) atoms. The van der Waals surface area contributed by atoms with Gasteiger partial charge in [-0.1, -0.05) is 41.1 Å². The van der Waals surface area contributed by atoms with E-state index in [4.69, 9.17) is 32.4 Å². The molecule has 7 heteroatoms. The average Bonchev–Trinajstić information content (AvgIpc) is 3.12. The maximum atomic E-state index is 11.9. The van der Waals surface area contributed by atoms with Gasteiger partial charge in [0.15, 0.2) is 0 Å². The lowest BCUT2D eigenvalue weighted by Crippen LogP contribution is -2.49. The SMILES string of the molecule is CCOC(=O)N1CCN(C(C#Cc2cccc(Cl)c2Cl)c2ccc(C)o2)CC1. The fourth-order valence-electron chi connectivity index (χ4n) is 3.07. The molecule has 2 heterocycles. The maximum absolute atomic E-state index is 11.9. The van der Waals surface area contributed by atoms with E-state index in [1.54, 1.807) is 17.9 Å². The van der Waals surface area contributed by atoms with Gasteiger partial charge in [-0.25, -0.2) is 4.79 Å². The van der Waals surface area contributed by atoms with Gasteiger partial charge < -0.3 is 14.1 Å². The van der Waals surface area contributed by atoms with Gasteiger partial charge in [-0.05, 0) is 38.1 Å². The predicted molar refractivity (Wildman–Crippen MR) is 110 cm³/mol. The van der Waals surface area contributed by atoms with Crippen LogP contribution in [0.4, 0.5) is 4.79 Å². The van der Waals surface area contributed by atoms with Crippen LogP contribution >= 0.6 is 23.2 Å². The summed E-state index contributed by atoms with van der Waals surface area (Å²) in [6.07, 6.45) is -0.274.